The molecule has 0 saturated carbocycles. The summed E-state index contributed by atoms with van der Waals surface area (Å²) >= 11 is 12.0. The summed E-state index contributed by atoms with van der Waals surface area (Å²) in [7, 11) is 1.95. The molecule has 2 aromatic rings. The van der Waals surface area contributed by atoms with E-state index in [-0.39, 0.29) is 6.61 Å². The monoisotopic (exact) mass is 342 g/mol. The van der Waals surface area contributed by atoms with Crippen LogP contribution in [0.1, 0.15) is 23.6 Å². The molecular formula is C15H20Cl2N4O. The molecule has 22 heavy (non-hydrogen) atoms. The van der Waals surface area contributed by atoms with Crippen LogP contribution < -0.4 is 0 Å². The molecule has 0 bridgehead atoms. The van der Waals surface area contributed by atoms with Gasteiger partial charge in [-0.2, -0.15) is 0 Å². The van der Waals surface area contributed by atoms with E-state index in [4.69, 9.17) is 28.3 Å². The zero-order chi connectivity index (χ0) is 16.1. The van der Waals surface area contributed by atoms with Crippen LogP contribution in [0.3, 0.4) is 0 Å². The first kappa shape index (κ1) is 17.2. The Bertz CT molecular complexity index is 630. The van der Waals surface area contributed by atoms with Crippen molar-refractivity contribution >= 4 is 23.2 Å². The zero-order valence-electron chi connectivity index (χ0n) is 12.8. The fraction of sp³-hybridized carbons (Fsp3) is 0.467. The SMILES string of the molecule is Cc1nnc(CN(CCCO)Cc2ccc(Cl)c(Cl)c2)n1C. The number of benzene rings is 1. The highest BCUT2D eigenvalue weighted by molar-refractivity contribution is 6.42. The van der Waals surface area contributed by atoms with Crippen LogP contribution in [0, 0.1) is 6.92 Å². The highest BCUT2D eigenvalue weighted by Crippen LogP contribution is 2.23. The lowest BCUT2D eigenvalue weighted by molar-refractivity contribution is 0.207. The Morgan fingerprint density at radius 3 is 2.55 bits per heavy atom. The van der Waals surface area contributed by atoms with Crippen LogP contribution in [0.2, 0.25) is 10.0 Å². The maximum atomic E-state index is 9.09. The summed E-state index contributed by atoms with van der Waals surface area (Å²) in [4.78, 5) is 2.21. The summed E-state index contributed by atoms with van der Waals surface area (Å²) in [6.45, 7) is 4.23. The van der Waals surface area contributed by atoms with Gasteiger partial charge in [-0.15, -0.1) is 10.2 Å². The van der Waals surface area contributed by atoms with Gasteiger partial charge < -0.3 is 9.67 Å². The zero-order valence-corrected chi connectivity index (χ0v) is 14.3. The van der Waals surface area contributed by atoms with E-state index in [2.05, 4.69) is 15.1 Å². The van der Waals surface area contributed by atoms with Gasteiger partial charge >= 0.3 is 0 Å². The van der Waals surface area contributed by atoms with Gasteiger partial charge in [0.05, 0.1) is 16.6 Å². The molecule has 1 N–H and O–H groups in total. The molecule has 0 aliphatic rings. The van der Waals surface area contributed by atoms with E-state index in [0.717, 1.165) is 23.8 Å². The van der Waals surface area contributed by atoms with Crippen molar-refractivity contribution in [1.29, 1.82) is 0 Å². The Balaban J connectivity index is 2.11. The van der Waals surface area contributed by atoms with Crippen LogP contribution in [-0.2, 0) is 20.1 Å². The highest BCUT2D eigenvalue weighted by Gasteiger charge is 2.12. The largest absolute Gasteiger partial charge is 0.396 e. The van der Waals surface area contributed by atoms with E-state index in [0.29, 0.717) is 29.6 Å². The van der Waals surface area contributed by atoms with Crippen LogP contribution in [-0.4, -0.2) is 37.9 Å². The van der Waals surface area contributed by atoms with Crippen molar-refractivity contribution in [3.63, 3.8) is 0 Å². The number of halogens is 2. The van der Waals surface area contributed by atoms with Gasteiger partial charge in [-0.3, -0.25) is 4.90 Å². The summed E-state index contributed by atoms with van der Waals surface area (Å²) in [6.07, 6.45) is 0.707. The molecule has 2 rings (SSSR count). The first-order valence-corrected chi connectivity index (χ1v) is 7.89. The van der Waals surface area contributed by atoms with Crippen LogP contribution in [0.4, 0.5) is 0 Å². The molecule has 0 radical (unpaired) electrons. The molecule has 0 aliphatic heterocycles. The number of hydrogen-bond donors (Lipinski definition) is 1. The van der Waals surface area contributed by atoms with Gasteiger partial charge in [0.1, 0.15) is 11.6 Å². The Kier molecular flexibility index (Phi) is 6.20. The van der Waals surface area contributed by atoms with Gasteiger partial charge in [-0.1, -0.05) is 29.3 Å². The van der Waals surface area contributed by atoms with Crippen molar-refractivity contribution in [3.05, 3.63) is 45.5 Å². The quantitative estimate of drug-likeness (QED) is 0.840. The van der Waals surface area contributed by atoms with Gasteiger partial charge in [0.2, 0.25) is 0 Å². The Morgan fingerprint density at radius 2 is 1.95 bits per heavy atom. The van der Waals surface area contributed by atoms with Gasteiger partial charge in [0.15, 0.2) is 0 Å². The predicted octanol–water partition coefficient (Wildman–Crippen LogP) is 2.81. The summed E-state index contributed by atoms with van der Waals surface area (Å²) in [5.41, 5.74) is 1.08. The predicted molar refractivity (Wildman–Crippen MR) is 88.0 cm³/mol. The molecule has 0 atom stereocenters. The van der Waals surface area contributed by atoms with Crippen LogP contribution in [0.25, 0.3) is 0 Å². The van der Waals surface area contributed by atoms with E-state index in [9.17, 15) is 0 Å². The third-order valence-electron chi connectivity index (χ3n) is 3.57. The second kappa shape index (κ2) is 7.92. The standard InChI is InChI=1S/C15H20Cl2N4O/c1-11-18-19-15(20(11)2)10-21(6-3-7-22)9-12-4-5-13(16)14(17)8-12/h4-5,8,22H,3,6-7,9-10H2,1-2H3. The molecule has 120 valence electrons. The second-order valence-electron chi connectivity index (χ2n) is 5.26. The third-order valence-corrected chi connectivity index (χ3v) is 4.31. The number of aromatic nitrogens is 3. The molecule has 0 spiro atoms. The summed E-state index contributed by atoms with van der Waals surface area (Å²) in [6, 6.07) is 5.63. The maximum Gasteiger partial charge on any atom is 0.146 e. The number of aryl methyl sites for hydroxylation is 1. The van der Waals surface area contributed by atoms with E-state index in [1.54, 1.807) is 6.07 Å². The van der Waals surface area contributed by atoms with Gasteiger partial charge in [0, 0.05) is 26.7 Å². The molecule has 5 nitrogen and oxygen atoms in total. The number of nitrogens with zero attached hydrogens (tertiary/aromatic N) is 4. The smallest absolute Gasteiger partial charge is 0.146 e. The van der Waals surface area contributed by atoms with Crippen molar-refractivity contribution in [3.8, 4) is 0 Å². The van der Waals surface area contributed by atoms with Gasteiger partial charge in [-0.05, 0) is 31.0 Å². The molecule has 0 aliphatic carbocycles. The minimum atomic E-state index is 0.162. The van der Waals surface area contributed by atoms with Crippen LogP contribution in [0.15, 0.2) is 18.2 Å². The molecule has 0 fully saturated rings. The van der Waals surface area contributed by atoms with E-state index >= 15 is 0 Å². The van der Waals surface area contributed by atoms with Crippen molar-refractivity contribution < 1.29 is 5.11 Å². The van der Waals surface area contributed by atoms with Crippen LogP contribution >= 0.6 is 23.2 Å². The Morgan fingerprint density at radius 1 is 1.18 bits per heavy atom. The van der Waals surface area contributed by atoms with E-state index in [1.807, 2.05) is 30.7 Å². The minimum Gasteiger partial charge on any atom is -0.396 e. The fourth-order valence-corrected chi connectivity index (χ4v) is 2.51. The molecule has 1 aromatic carbocycles. The van der Waals surface area contributed by atoms with Crippen molar-refractivity contribution in [2.45, 2.75) is 26.4 Å². The van der Waals surface area contributed by atoms with Crippen molar-refractivity contribution in [1.82, 2.24) is 19.7 Å². The lowest BCUT2D eigenvalue weighted by Crippen LogP contribution is -2.26. The Labute approximate surface area is 140 Å². The lowest BCUT2D eigenvalue weighted by Gasteiger charge is -2.21. The summed E-state index contributed by atoms with van der Waals surface area (Å²) in [5, 5.41) is 18.5. The molecule has 0 unspecified atom stereocenters. The van der Waals surface area contributed by atoms with Crippen molar-refractivity contribution in [2.75, 3.05) is 13.2 Å². The molecule has 0 saturated heterocycles. The number of aliphatic hydroxyl groups is 1. The normalized spacial score (nSPS) is 11.4. The molecule has 0 amide bonds. The molecule has 7 heteroatoms. The summed E-state index contributed by atoms with van der Waals surface area (Å²) < 4.78 is 1.97. The number of rotatable bonds is 7. The highest BCUT2D eigenvalue weighted by atomic mass is 35.5. The van der Waals surface area contributed by atoms with Crippen LogP contribution in [0.5, 0.6) is 0 Å². The van der Waals surface area contributed by atoms with Gasteiger partial charge in [0.25, 0.3) is 0 Å². The van der Waals surface area contributed by atoms with E-state index < -0.39 is 0 Å². The van der Waals surface area contributed by atoms with Crippen molar-refractivity contribution in [2.24, 2.45) is 7.05 Å². The third kappa shape index (κ3) is 4.43. The topological polar surface area (TPSA) is 54.2 Å². The number of aliphatic hydroxyl groups excluding tert-OH is 1. The summed E-state index contributed by atoms with van der Waals surface area (Å²) in [5.74, 6) is 1.78. The van der Waals surface area contributed by atoms with E-state index in [1.165, 1.54) is 0 Å². The fourth-order valence-electron chi connectivity index (χ4n) is 2.19. The molecular weight excluding hydrogens is 323 g/mol. The maximum absolute atomic E-state index is 9.09. The lowest BCUT2D eigenvalue weighted by atomic mass is 10.2. The first-order chi connectivity index (χ1) is 10.5. The molecule has 1 heterocycles. The second-order valence-corrected chi connectivity index (χ2v) is 6.07. The van der Waals surface area contributed by atoms with Gasteiger partial charge in [-0.25, -0.2) is 0 Å². The number of hydrogen-bond acceptors (Lipinski definition) is 4. The molecule has 1 aromatic heterocycles. The average molecular weight is 343 g/mol. The average Bonchev–Trinajstić information content (AvgIpc) is 2.80. The minimum absolute atomic E-state index is 0.162. The Hall–Kier alpha value is -1.14. The first-order valence-electron chi connectivity index (χ1n) is 7.13.